The van der Waals surface area contributed by atoms with Gasteiger partial charge in [0.05, 0.1) is 6.61 Å². The van der Waals surface area contributed by atoms with E-state index >= 15 is 0 Å². The zero-order valence-electron chi connectivity index (χ0n) is 6.63. The van der Waals surface area contributed by atoms with Crippen molar-refractivity contribution in [2.24, 2.45) is 0 Å². The van der Waals surface area contributed by atoms with Gasteiger partial charge in [-0.2, -0.15) is 0 Å². The fraction of sp³-hybridized carbons (Fsp3) is 0.375. The highest BCUT2D eigenvalue weighted by Crippen LogP contribution is 2.07. The minimum atomic E-state index is 0.173. The molecule has 0 aromatic carbocycles. The summed E-state index contributed by atoms with van der Waals surface area (Å²) in [5.41, 5.74) is 1.16. The van der Waals surface area contributed by atoms with E-state index in [4.69, 9.17) is 5.11 Å². The molecule has 0 unspecified atom stereocenters. The van der Waals surface area contributed by atoms with Crippen LogP contribution in [0.4, 0.5) is 0 Å². The topological polar surface area (TPSA) is 45.1 Å². The summed E-state index contributed by atoms with van der Waals surface area (Å²) >= 11 is 3.28. The van der Waals surface area contributed by atoms with Gasteiger partial charge in [0, 0.05) is 19.3 Å². The first-order valence-electron chi connectivity index (χ1n) is 3.75. The Hall–Kier alpha value is -0.450. The molecule has 0 saturated heterocycles. The van der Waals surface area contributed by atoms with Crippen molar-refractivity contribution in [3.63, 3.8) is 0 Å². The number of aromatic nitrogens is 1. The molecule has 0 aliphatic heterocycles. The summed E-state index contributed by atoms with van der Waals surface area (Å²) in [7, 11) is 0. The van der Waals surface area contributed by atoms with Crippen molar-refractivity contribution in [2.45, 2.75) is 6.54 Å². The van der Waals surface area contributed by atoms with E-state index in [2.05, 4.69) is 26.2 Å². The smallest absolute Gasteiger partial charge is 0.106 e. The van der Waals surface area contributed by atoms with Gasteiger partial charge in [-0.25, -0.2) is 4.98 Å². The van der Waals surface area contributed by atoms with Gasteiger partial charge in [0.1, 0.15) is 4.60 Å². The fourth-order valence-electron chi connectivity index (χ4n) is 0.864. The number of aliphatic hydroxyl groups is 1. The second kappa shape index (κ2) is 5.24. The normalized spacial score (nSPS) is 10.2. The lowest BCUT2D eigenvalue weighted by molar-refractivity contribution is 0.292. The molecule has 0 bridgehead atoms. The van der Waals surface area contributed by atoms with Gasteiger partial charge in [0.15, 0.2) is 0 Å². The van der Waals surface area contributed by atoms with E-state index in [-0.39, 0.29) is 6.61 Å². The van der Waals surface area contributed by atoms with Crippen LogP contribution in [0.15, 0.2) is 22.9 Å². The minimum absolute atomic E-state index is 0.173. The number of nitrogens with zero attached hydrogens (tertiary/aromatic N) is 1. The van der Waals surface area contributed by atoms with Crippen LogP contribution in [0.5, 0.6) is 0 Å². The lowest BCUT2D eigenvalue weighted by Gasteiger charge is -2.02. The molecule has 1 rings (SSSR count). The molecular weight excluding hydrogens is 220 g/mol. The summed E-state index contributed by atoms with van der Waals surface area (Å²) < 4.78 is 0.839. The molecule has 3 nitrogen and oxygen atoms in total. The van der Waals surface area contributed by atoms with Crippen molar-refractivity contribution >= 4 is 15.9 Å². The molecule has 12 heavy (non-hydrogen) atoms. The summed E-state index contributed by atoms with van der Waals surface area (Å²) in [6.07, 6.45) is 1.75. The zero-order valence-corrected chi connectivity index (χ0v) is 8.21. The highest BCUT2D eigenvalue weighted by atomic mass is 79.9. The first-order valence-corrected chi connectivity index (χ1v) is 4.54. The fourth-order valence-corrected chi connectivity index (χ4v) is 1.28. The number of nitrogens with one attached hydrogen (secondary N) is 1. The SMILES string of the molecule is OCCNCc1ccnc(Br)c1. The standard InChI is InChI=1S/C8H11BrN2O/c9-8-5-7(1-2-11-8)6-10-3-4-12/h1-2,5,10,12H,3-4,6H2. The monoisotopic (exact) mass is 230 g/mol. The minimum Gasteiger partial charge on any atom is -0.395 e. The Balaban J connectivity index is 2.41. The number of halogens is 1. The molecule has 0 aliphatic rings. The largest absolute Gasteiger partial charge is 0.395 e. The Bertz CT molecular complexity index is 242. The third kappa shape index (κ3) is 3.30. The van der Waals surface area contributed by atoms with Crippen LogP contribution >= 0.6 is 15.9 Å². The predicted molar refractivity (Wildman–Crippen MR) is 50.7 cm³/mol. The third-order valence-electron chi connectivity index (χ3n) is 1.41. The van der Waals surface area contributed by atoms with E-state index in [1.54, 1.807) is 6.20 Å². The van der Waals surface area contributed by atoms with Crippen molar-refractivity contribution in [2.75, 3.05) is 13.2 Å². The Kier molecular flexibility index (Phi) is 4.21. The first-order chi connectivity index (χ1) is 5.83. The molecule has 1 aromatic heterocycles. The van der Waals surface area contributed by atoms with E-state index in [0.29, 0.717) is 6.54 Å². The van der Waals surface area contributed by atoms with Gasteiger partial charge in [-0.15, -0.1) is 0 Å². The van der Waals surface area contributed by atoms with Crippen LogP contribution in [0.2, 0.25) is 0 Å². The number of pyridine rings is 1. The molecule has 0 amide bonds. The summed E-state index contributed by atoms with van der Waals surface area (Å²) in [6, 6.07) is 3.89. The van der Waals surface area contributed by atoms with E-state index < -0.39 is 0 Å². The lowest BCUT2D eigenvalue weighted by Crippen LogP contribution is -2.17. The molecule has 2 N–H and O–H groups in total. The second-order valence-corrected chi connectivity index (χ2v) is 3.20. The van der Waals surface area contributed by atoms with E-state index in [0.717, 1.165) is 16.7 Å². The van der Waals surface area contributed by atoms with Gasteiger partial charge in [0.2, 0.25) is 0 Å². The lowest BCUT2D eigenvalue weighted by atomic mass is 10.3. The van der Waals surface area contributed by atoms with Gasteiger partial charge in [-0.1, -0.05) is 0 Å². The Labute approximate surface area is 80.0 Å². The summed E-state index contributed by atoms with van der Waals surface area (Å²) in [5, 5.41) is 11.6. The molecule has 0 aliphatic carbocycles. The van der Waals surface area contributed by atoms with Crippen LogP contribution in [-0.2, 0) is 6.54 Å². The molecule has 0 spiro atoms. The third-order valence-corrected chi connectivity index (χ3v) is 1.84. The molecule has 1 heterocycles. The number of hydrogen-bond donors (Lipinski definition) is 2. The van der Waals surface area contributed by atoms with Crippen molar-refractivity contribution in [1.29, 1.82) is 0 Å². The van der Waals surface area contributed by atoms with E-state index in [9.17, 15) is 0 Å². The maximum absolute atomic E-state index is 8.51. The van der Waals surface area contributed by atoms with Crippen LogP contribution in [0, 0.1) is 0 Å². The van der Waals surface area contributed by atoms with Crippen LogP contribution < -0.4 is 5.32 Å². The maximum Gasteiger partial charge on any atom is 0.106 e. The maximum atomic E-state index is 8.51. The van der Waals surface area contributed by atoms with Crippen LogP contribution in [0.25, 0.3) is 0 Å². The van der Waals surface area contributed by atoms with Crippen molar-refractivity contribution in [3.05, 3.63) is 28.5 Å². The molecule has 4 heteroatoms. The number of aliphatic hydroxyl groups excluding tert-OH is 1. The molecule has 0 radical (unpaired) electrons. The molecule has 0 saturated carbocycles. The summed E-state index contributed by atoms with van der Waals surface area (Å²) in [6.45, 7) is 1.56. The molecular formula is C8H11BrN2O. The number of rotatable bonds is 4. The van der Waals surface area contributed by atoms with Gasteiger partial charge >= 0.3 is 0 Å². The Morgan fingerprint density at radius 3 is 3.08 bits per heavy atom. The van der Waals surface area contributed by atoms with Crippen LogP contribution in [0.1, 0.15) is 5.56 Å². The molecule has 0 atom stereocenters. The summed E-state index contributed by atoms with van der Waals surface area (Å²) in [5.74, 6) is 0. The van der Waals surface area contributed by atoms with Gasteiger partial charge in [-0.05, 0) is 33.6 Å². The van der Waals surface area contributed by atoms with Crippen molar-refractivity contribution < 1.29 is 5.11 Å². The Morgan fingerprint density at radius 2 is 2.42 bits per heavy atom. The molecule has 1 aromatic rings. The Morgan fingerprint density at radius 1 is 1.58 bits per heavy atom. The second-order valence-electron chi connectivity index (χ2n) is 2.39. The van der Waals surface area contributed by atoms with E-state index in [1.165, 1.54) is 0 Å². The van der Waals surface area contributed by atoms with Crippen molar-refractivity contribution in [3.8, 4) is 0 Å². The average molecular weight is 231 g/mol. The number of hydrogen-bond acceptors (Lipinski definition) is 3. The average Bonchev–Trinajstić information content (AvgIpc) is 2.05. The predicted octanol–water partition coefficient (Wildman–Crippen LogP) is 0.926. The van der Waals surface area contributed by atoms with Crippen LogP contribution in [-0.4, -0.2) is 23.2 Å². The zero-order chi connectivity index (χ0) is 8.81. The highest BCUT2D eigenvalue weighted by molar-refractivity contribution is 9.10. The van der Waals surface area contributed by atoms with Gasteiger partial charge < -0.3 is 10.4 Å². The van der Waals surface area contributed by atoms with Gasteiger partial charge in [0.25, 0.3) is 0 Å². The highest BCUT2D eigenvalue weighted by Gasteiger charge is 1.92. The van der Waals surface area contributed by atoms with E-state index in [1.807, 2.05) is 12.1 Å². The van der Waals surface area contributed by atoms with Gasteiger partial charge in [-0.3, -0.25) is 0 Å². The first kappa shape index (κ1) is 9.64. The van der Waals surface area contributed by atoms with Crippen molar-refractivity contribution in [1.82, 2.24) is 10.3 Å². The molecule has 66 valence electrons. The quantitative estimate of drug-likeness (QED) is 0.598. The van der Waals surface area contributed by atoms with Crippen LogP contribution in [0.3, 0.4) is 0 Å². The summed E-state index contributed by atoms with van der Waals surface area (Å²) in [4.78, 5) is 4.01. The molecule has 0 fully saturated rings.